The molecular weight excluding hydrogens is 382 g/mol. The van der Waals surface area contributed by atoms with E-state index >= 15 is 0 Å². The molecule has 1 aromatic carbocycles. The maximum atomic E-state index is 11.9. The number of thioether (sulfide) groups is 1. The molecule has 1 aromatic rings. The molecule has 0 unspecified atom stereocenters. The highest BCUT2D eigenvalue weighted by Gasteiger charge is 2.20. The van der Waals surface area contributed by atoms with Crippen LogP contribution in [0.25, 0.3) is 0 Å². The number of halogens is 1. The molecule has 0 aliphatic heterocycles. The van der Waals surface area contributed by atoms with E-state index in [0.29, 0.717) is 25.9 Å². The van der Waals surface area contributed by atoms with Crippen LogP contribution in [0, 0.1) is 0 Å². The Hall–Kier alpha value is -1.21. The van der Waals surface area contributed by atoms with E-state index in [4.69, 9.17) is 9.47 Å². The average Bonchev–Trinajstić information content (AvgIpc) is 2.56. The summed E-state index contributed by atoms with van der Waals surface area (Å²) in [5.74, 6) is 0.979. The summed E-state index contributed by atoms with van der Waals surface area (Å²) in [5, 5.41) is 2.72. The summed E-state index contributed by atoms with van der Waals surface area (Å²) in [4.78, 5) is 23.5. The molecule has 0 radical (unpaired) electrons. The van der Waals surface area contributed by atoms with Gasteiger partial charge in [0.05, 0.1) is 13.7 Å². The summed E-state index contributed by atoms with van der Waals surface area (Å²) in [5.41, 5.74) is 0. The summed E-state index contributed by atoms with van der Waals surface area (Å²) in [6.07, 6.45) is 3.41. The molecule has 0 bridgehead atoms. The highest BCUT2D eigenvalue weighted by atomic mass is 79.9. The first-order chi connectivity index (χ1) is 11.1. The van der Waals surface area contributed by atoms with Gasteiger partial charge in [-0.2, -0.15) is 11.8 Å². The second-order valence-electron chi connectivity index (χ2n) is 4.83. The largest absolute Gasteiger partial charge is 0.494 e. The number of ether oxygens (including phenoxy) is 2. The van der Waals surface area contributed by atoms with Crippen molar-refractivity contribution >= 4 is 39.6 Å². The summed E-state index contributed by atoms with van der Waals surface area (Å²) in [6, 6.07) is 6.94. The minimum absolute atomic E-state index is 0.166. The van der Waals surface area contributed by atoms with E-state index in [2.05, 4.69) is 21.2 Å². The molecule has 5 nitrogen and oxygen atoms in total. The van der Waals surface area contributed by atoms with Crippen molar-refractivity contribution in [2.45, 2.75) is 25.3 Å². The molecule has 0 aliphatic rings. The van der Waals surface area contributed by atoms with E-state index in [-0.39, 0.29) is 5.91 Å². The maximum absolute atomic E-state index is 11.9. The van der Waals surface area contributed by atoms with Gasteiger partial charge < -0.3 is 14.8 Å². The van der Waals surface area contributed by atoms with Crippen molar-refractivity contribution in [1.82, 2.24) is 5.32 Å². The number of hydrogen-bond donors (Lipinski definition) is 1. The van der Waals surface area contributed by atoms with Gasteiger partial charge in [0.2, 0.25) is 5.91 Å². The van der Waals surface area contributed by atoms with Crippen molar-refractivity contribution in [2.75, 3.05) is 25.7 Å². The molecule has 0 saturated heterocycles. The van der Waals surface area contributed by atoms with Gasteiger partial charge in [-0.25, -0.2) is 4.79 Å². The van der Waals surface area contributed by atoms with E-state index in [9.17, 15) is 9.59 Å². The summed E-state index contributed by atoms with van der Waals surface area (Å²) in [7, 11) is 1.33. The molecule has 1 amide bonds. The number of carbonyl (C=O) groups is 2. The zero-order chi connectivity index (χ0) is 17.1. The number of benzene rings is 1. The third-order valence-electron chi connectivity index (χ3n) is 3.06. The first kappa shape index (κ1) is 19.8. The molecule has 1 N–H and O–H groups in total. The zero-order valence-corrected chi connectivity index (χ0v) is 15.7. The van der Waals surface area contributed by atoms with Crippen LogP contribution in [0.15, 0.2) is 28.7 Å². The van der Waals surface area contributed by atoms with E-state index in [1.807, 2.05) is 30.5 Å². The average molecular weight is 404 g/mol. The van der Waals surface area contributed by atoms with Crippen LogP contribution in [0.2, 0.25) is 0 Å². The van der Waals surface area contributed by atoms with Gasteiger partial charge in [-0.3, -0.25) is 4.79 Å². The van der Waals surface area contributed by atoms with Crippen LogP contribution >= 0.6 is 27.7 Å². The Kier molecular flexibility index (Phi) is 9.78. The fourth-order valence-electron chi connectivity index (χ4n) is 1.85. The van der Waals surface area contributed by atoms with Crippen molar-refractivity contribution in [2.24, 2.45) is 0 Å². The van der Waals surface area contributed by atoms with Gasteiger partial charge in [0, 0.05) is 10.9 Å². The standard InChI is InChI=1S/C16H22BrNO4S/c1-21-16(20)14(9-11-23-2)18-15(19)4-3-10-22-13-7-5-12(17)6-8-13/h5-8,14H,3-4,9-11H2,1-2H3,(H,18,19)/t14-/m1/s1. The van der Waals surface area contributed by atoms with Crippen molar-refractivity contribution in [3.8, 4) is 5.75 Å². The highest BCUT2D eigenvalue weighted by molar-refractivity contribution is 9.10. The summed E-state index contributed by atoms with van der Waals surface area (Å²) in [6.45, 7) is 0.447. The lowest BCUT2D eigenvalue weighted by Crippen LogP contribution is -2.41. The number of methoxy groups -OCH3 is 1. The molecule has 0 fully saturated rings. The Morgan fingerprint density at radius 2 is 2.00 bits per heavy atom. The number of rotatable bonds is 10. The van der Waals surface area contributed by atoms with E-state index in [1.54, 1.807) is 11.8 Å². The van der Waals surface area contributed by atoms with Gasteiger partial charge in [-0.05, 0) is 49.1 Å². The Balaban J connectivity index is 2.28. The SMILES string of the molecule is COC(=O)[C@@H](CCSC)NC(=O)CCCOc1ccc(Br)cc1. The lowest BCUT2D eigenvalue weighted by molar-refractivity contribution is -0.145. The molecule has 0 heterocycles. The summed E-state index contributed by atoms with van der Waals surface area (Å²) < 4.78 is 11.3. The van der Waals surface area contributed by atoms with Crippen molar-refractivity contribution < 1.29 is 19.1 Å². The molecule has 128 valence electrons. The number of amides is 1. The Morgan fingerprint density at radius 1 is 1.30 bits per heavy atom. The van der Waals surface area contributed by atoms with Crippen LogP contribution in [0.4, 0.5) is 0 Å². The van der Waals surface area contributed by atoms with Crippen molar-refractivity contribution in [3.05, 3.63) is 28.7 Å². The molecular formula is C16H22BrNO4S. The predicted octanol–water partition coefficient (Wildman–Crippen LogP) is 3.02. The molecule has 23 heavy (non-hydrogen) atoms. The molecule has 7 heteroatoms. The second-order valence-corrected chi connectivity index (χ2v) is 6.73. The van der Waals surface area contributed by atoms with Gasteiger partial charge in [0.25, 0.3) is 0 Å². The third-order valence-corrected chi connectivity index (χ3v) is 4.23. The number of hydrogen-bond acceptors (Lipinski definition) is 5. The molecule has 1 rings (SSSR count). The number of nitrogens with one attached hydrogen (secondary N) is 1. The first-order valence-electron chi connectivity index (χ1n) is 7.31. The summed E-state index contributed by atoms with van der Waals surface area (Å²) >= 11 is 4.98. The predicted molar refractivity (Wildman–Crippen MR) is 95.8 cm³/mol. The van der Waals surface area contributed by atoms with Gasteiger partial charge in [0.1, 0.15) is 11.8 Å². The molecule has 0 saturated carbocycles. The smallest absolute Gasteiger partial charge is 0.328 e. The number of carbonyl (C=O) groups excluding carboxylic acids is 2. The normalized spacial score (nSPS) is 11.6. The molecule has 0 spiro atoms. The van der Waals surface area contributed by atoms with Crippen LogP contribution < -0.4 is 10.1 Å². The molecule has 0 aromatic heterocycles. The fourth-order valence-corrected chi connectivity index (χ4v) is 2.58. The topological polar surface area (TPSA) is 64.6 Å². The van der Waals surface area contributed by atoms with Crippen LogP contribution in [0.1, 0.15) is 19.3 Å². The second kappa shape index (κ2) is 11.3. The zero-order valence-electron chi connectivity index (χ0n) is 13.3. The minimum Gasteiger partial charge on any atom is -0.494 e. The van der Waals surface area contributed by atoms with E-state index in [1.165, 1.54) is 7.11 Å². The lowest BCUT2D eigenvalue weighted by atomic mass is 10.2. The fraction of sp³-hybridized carbons (Fsp3) is 0.500. The van der Waals surface area contributed by atoms with Crippen molar-refractivity contribution in [3.63, 3.8) is 0 Å². The van der Waals surface area contributed by atoms with Gasteiger partial charge in [0.15, 0.2) is 0 Å². The van der Waals surface area contributed by atoms with Gasteiger partial charge >= 0.3 is 5.97 Å². The first-order valence-corrected chi connectivity index (χ1v) is 9.50. The highest BCUT2D eigenvalue weighted by Crippen LogP contribution is 2.16. The van der Waals surface area contributed by atoms with Gasteiger partial charge in [-0.1, -0.05) is 15.9 Å². The van der Waals surface area contributed by atoms with Crippen molar-refractivity contribution in [1.29, 1.82) is 0 Å². The van der Waals surface area contributed by atoms with E-state index in [0.717, 1.165) is 16.0 Å². The van der Waals surface area contributed by atoms with Crippen LogP contribution in [0.3, 0.4) is 0 Å². The van der Waals surface area contributed by atoms with Crippen LogP contribution in [-0.2, 0) is 14.3 Å². The van der Waals surface area contributed by atoms with Crippen LogP contribution in [-0.4, -0.2) is 43.6 Å². The third kappa shape index (κ3) is 8.27. The monoisotopic (exact) mass is 403 g/mol. The Labute approximate surface area is 149 Å². The molecule has 0 aliphatic carbocycles. The Bertz CT molecular complexity index is 495. The molecule has 1 atom stereocenters. The van der Waals surface area contributed by atoms with Crippen LogP contribution in [0.5, 0.6) is 5.75 Å². The number of esters is 1. The lowest BCUT2D eigenvalue weighted by Gasteiger charge is -2.16. The minimum atomic E-state index is -0.577. The Morgan fingerprint density at radius 3 is 2.61 bits per heavy atom. The quantitative estimate of drug-likeness (QED) is 0.480. The van der Waals surface area contributed by atoms with Gasteiger partial charge in [-0.15, -0.1) is 0 Å². The van der Waals surface area contributed by atoms with E-state index < -0.39 is 12.0 Å². The maximum Gasteiger partial charge on any atom is 0.328 e.